The average Bonchev–Trinajstić information content (AvgIpc) is 3.31. The summed E-state index contributed by atoms with van der Waals surface area (Å²) in [6, 6.07) is 0.375. The van der Waals surface area contributed by atoms with E-state index in [0.717, 1.165) is 31.9 Å². The molecule has 4 saturated heterocycles. The van der Waals surface area contributed by atoms with Gasteiger partial charge in [-0.1, -0.05) is 6.92 Å². The monoisotopic (exact) mass is 369 g/mol. The van der Waals surface area contributed by atoms with Crippen LogP contribution in [0, 0.1) is 17.8 Å². The highest BCUT2D eigenvalue weighted by Gasteiger charge is 2.53. The fourth-order valence-corrected chi connectivity index (χ4v) is 6.77. The fraction of sp³-hybridized carbons (Fsp3) is 0.944. The highest BCUT2D eigenvalue weighted by atomic mass is 32.2. The number of fused-ring (bicyclic) bond motifs is 5. The predicted molar refractivity (Wildman–Crippen MR) is 98.4 cm³/mol. The van der Waals surface area contributed by atoms with Crippen LogP contribution >= 0.6 is 0 Å². The molecule has 1 N–H and O–H groups in total. The van der Waals surface area contributed by atoms with Crippen molar-refractivity contribution in [3.05, 3.63) is 0 Å². The lowest BCUT2D eigenvalue weighted by Gasteiger charge is -2.26. The van der Waals surface area contributed by atoms with Gasteiger partial charge < -0.3 is 15.0 Å². The topological polar surface area (TPSA) is 71.0 Å². The van der Waals surface area contributed by atoms with E-state index < -0.39 is 9.84 Å². The summed E-state index contributed by atoms with van der Waals surface area (Å²) in [5, 5.41) is 3.58. The Kier molecular flexibility index (Phi) is 4.73. The van der Waals surface area contributed by atoms with Gasteiger partial charge >= 0.3 is 0 Å². The summed E-state index contributed by atoms with van der Waals surface area (Å²) >= 11 is 0. The maximum absolute atomic E-state index is 11.7. The first-order valence-corrected chi connectivity index (χ1v) is 11.7. The second-order valence-corrected chi connectivity index (χ2v) is 10.6. The molecule has 25 heavy (non-hydrogen) atoms. The van der Waals surface area contributed by atoms with E-state index in [1.54, 1.807) is 0 Å². The maximum Gasteiger partial charge on any atom is 0.194 e. The molecule has 2 bridgehead atoms. The number of nitrogens with zero attached hydrogens (tertiary/aromatic N) is 2. The minimum atomic E-state index is -2.83. The van der Waals surface area contributed by atoms with Gasteiger partial charge in [0.05, 0.1) is 23.7 Å². The summed E-state index contributed by atoms with van der Waals surface area (Å²) in [6.07, 6.45) is 5.13. The quantitative estimate of drug-likeness (QED) is 0.597. The summed E-state index contributed by atoms with van der Waals surface area (Å²) < 4.78 is 29.5. The zero-order valence-electron chi connectivity index (χ0n) is 15.4. The van der Waals surface area contributed by atoms with Gasteiger partial charge in [0.15, 0.2) is 15.8 Å². The second-order valence-electron chi connectivity index (χ2n) is 8.41. The van der Waals surface area contributed by atoms with Crippen molar-refractivity contribution in [2.45, 2.75) is 57.8 Å². The van der Waals surface area contributed by atoms with Crippen molar-refractivity contribution in [1.82, 2.24) is 10.2 Å². The van der Waals surface area contributed by atoms with Crippen LogP contribution in [-0.2, 0) is 14.6 Å². The summed E-state index contributed by atoms with van der Waals surface area (Å²) in [7, 11) is -2.83. The molecular weight excluding hydrogens is 338 g/mol. The molecule has 4 rings (SSSR count). The zero-order valence-corrected chi connectivity index (χ0v) is 16.2. The molecule has 0 aromatic carbocycles. The lowest BCUT2D eigenvalue weighted by atomic mass is 9.82. The number of likely N-dealkylation sites (tertiary alicyclic amines) is 1. The number of hydrogen-bond donors (Lipinski definition) is 1. The van der Waals surface area contributed by atoms with Crippen LogP contribution in [0.5, 0.6) is 0 Å². The Morgan fingerprint density at radius 1 is 1.24 bits per heavy atom. The van der Waals surface area contributed by atoms with E-state index in [4.69, 9.17) is 9.73 Å². The molecule has 6 nitrogen and oxygen atoms in total. The minimum Gasteiger partial charge on any atom is -0.374 e. The van der Waals surface area contributed by atoms with Crippen molar-refractivity contribution in [2.75, 3.05) is 31.1 Å². The Bertz CT molecular complexity index is 617. The molecule has 0 spiro atoms. The molecule has 4 aliphatic rings. The Hall–Kier alpha value is -0.820. The smallest absolute Gasteiger partial charge is 0.194 e. The van der Waals surface area contributed by atoms with Crippen LogP contribution in [0.25, 0.3) is 0 Å². The SMILES string of the molecule is CCC(C)NC(=NCC1CCS(=O)(=O)C1)N1CC2C3CCC(O3)C2C1. The van der Waals surface area contributed by atoms with Crippen molar-refractivity contribution < 1.29 is 13.2 Å². The van der Waals surface area contributed by atoms with Gasteiger partial charge in [0, 0.05) is 37.5 Å². The van der Waals surface area contributed by atoms with Gasteiger partial charge in [-0.15, -0.1) is 0 Å². The summed E-state index contributed by atoms with van der Waals surface area (Å²) in [4.78, 5) is 7.27. The molecule has 0 aromatic heterocycles. The Labute approximate surface area is 151 Å². The number of ether oxygens (including phenoxy) is 1. The van der Waals surface area contributed by atoms with Gasteiger partial charge in [-0.05, 0) is 38.5 Å². The van der Waals surface area contributed by atoms with Crippen LogP contribution in [-0.4, -0.2) is 68.7 Å². The van der Waals surface area contributed by atoms with E-state index in [1.165, 1.54) is 12.8 Å². The van der Waals surface area contributed by atoms with Crippen LogP contribution in [0.2, 0.25) is 0 Å². The Morgan fingerprint density at radius 3 is 2.48 bits per heavy atom. The third-order valence-corrected chi connectivity index (χ3v) is 8.40. The first-order valence-electron chi connectivity index (χ1n) is 9.87. The summed E-state index contributed by atoms with van der Waals surface area (Å²) in [6.45, 7) is 7.02. The molecule has 7 heteroatoms. The maximum atomic E-state index is 11.7. The van der Waals surface area contributed by atoms with Crippen molar-refractivity contribution in [3.63, 3.8) is 0 Å². The van der Waals surface area contributed by atoms with Crippen LogP contribution in [0.3, 0.4) is 0 Å². The molecule has 0 saturated carbocycles. The van der Waals surface area contributed by atoms with Gasteiger partial charge in [-0.25, -0.2) is 8.42 Å². The van der Waals surface area contributed by atoms with E-state index in [2.05, 4.69) is 24.1 Å². The zero-order chi connectivity index (χ0) is 17.6. The fourth-order valence-electron chi connectivity index (χ4n) is 4.92. The molecule has 4 aliphatic heterocycles. The summed E-state index contributed by atoms with van der Waals surface area (Å²) in [5.74, 6) is 3.09. The number of guanidine groups is 1. The Balaban J connectivity index is 1.44. The molecule has 142 valence electrons. The van der Waals surface area contributed by atoms with Crippen LogP contribution < -0.4 is 5.32 Å². The number of nitrogens with one attached hydrogen (secondary N) is 1. The number of sulfone groups is 1. The van der Waals surface area contributed by atoms with E-state index >= 15 is 0 Å². The first kappa shape index (κ1) is 17.6. The number of hydrogen-bond acceptors (Lipinski definition) is 4. The molecule has 4 fully saturated rings. The van der Waals surface area contributed by atoms with E-state index in [1.807, 2.05) is 0 Å². The third-order valence-electron chi connectivity index (χ3n) is 6.57. The van der Waals surface area contributed by atoms with E-state index in [9.17, 15) is 8.42 Å². The highest BCUT2D eigenvalue weighted by molar-refractivity contribution is 7.91. The van der Waals surface area contributed by atoms with E-state index in [0.29, 0.717) is 48.1 Å². The van der Waals surface area contributed by atoms with Crippen molar-refractivity contribution >= 4 is 15.8 Å². The minimum absolute atomic E-state index is 0.181. The van der Waals surface area contributed by atoms with Gasteiger partial charge in [-0.3, -0.25) is 4.99 Å². The third kappa shape index (κ3) is 3.54. The van der Waals surface area contributed by atoms with Gasteiger partial charge in [0.1, 0.15) is 0 Å². The largest absolute Gasteiger partial charge is 0.374 e. The molecule has 0 aromatic rings. The van der Waals surface area contributed by atoms with Crippen molar-refractivity contribution in [2.24, 2.45) is 22.7 Å². The summed E-state index contributed by atoms with van der Waals surface area (Å²) in [5.41, 5.74) is 0. The predicted octanol–water partition coefficient (Wildman–Crippen LogP) is 1.27. The van der Waals surface area contributed by atoms with E-state index in [-0.39, 0.29) is 5.92 Å². The van der Waals surface area contributed by atoms with Crippen molar-refractivity contribution in [1.29, 1.82) is 0 Å². The van der Waals surface area contributed by atoms with Crippen LogP contribution in [0.1, 0.15) is 39.5 Å². The van der Waals surface area contributed by atoms with Gasteiger partial charge in [0.2, 0.25) is 0 Å². The van der Waals surface area contributed by atoms with Crippen LogP contribution in [0.15, 0.2) is 4.99 Å². The molecule has 0 aliphatic carbocycles. The standard InChI is InChI=1S/C18H31N3O3S/c1-3-12(2)20-18(19-8-13-6-7-25(22,23)11-13)21-9-14-15(10-21)17-5-4-16(14)24-17/h12-17H,3-11H2,1-2H3,(H,19,20). The lowest BCUT2D eigenvalue weighted by Crippen LogP contribution is -2.45. The van der Waals surface area contributed by atoms with Crippen molar-refractivity contribution in [3.8, 4) is 0 Å². The number of rotatable bonds is 4. The molecule has 6 atom stereocenters. The molecule has 6 unspecified atom stereocenters. The molecule has 0 amide bonds. The second kappa shape index (κ2) is 6.72. The van der Waals surface area contributed by atoms with Gasteiger partial charge in [0.25, 0.3) is 0 Å². The highest BCUT2D eigenvalue weighted by Crippen LogP contribution is 2.47. The lowest BCUT2D eigenvalue weighted by molar-refractivity contribution is 0.0766. The Morgan fingerprint density at radius 2 is 1.92 bits per heavy atom. The molecule has 4 heterocycles. The molecule has 0 radical (unpaired) electrons. The normalized spacial score (nSPS) is 40.5. The van der Waals surface area contributed by atoms with Crippen LogP contribution in [0.4, 0.5) is 0 Å². The first-order chi connectivity index (χ1) is 11.9. The number of aliphatic imine (C=N–C) groups is 1. The average molecular weight is 370 g/mol. The molecular formula is C18H31N3O3S. The van der Waals surface area contributed by atoms with Gasteiger partial charge in [-0.2, -0.15) is 0 Å².